The second-order valence-corrected chi connectivity index (χ2v) is 6.12. The van der Waals surface area contributed by atoms with Crippen molar-refractivity contribution in [1.29, 1.82) is 0 Å². The lowest BCUT2D eigenvalue weighted by Crippen LogP contribution is -2.25. The van der Waals surface area contributed by atoms with Crippen molar-refractivity contribution in [3.63, 3.8) is 0 Å². The van der Waals surface area contributed by atoms with Crippen molar-refractivity contribution in [2.75, 3.05) is 0 Å². The molecular weight excluding hydrogens is 280 g/mol. The van der Waals surface area contributed by atoms with Gasteiger partial charge >= 0.3 is 5.97 Å². The molecule has 1 aliphatic rings. The first-order valence-electron chi connectivity index (χ1n) is 8.14. The summed E-state index contributed by atoms with van der Waals surface area (Å²) in [6.45, 7) is 2.20. The van der Waals surface area contributed by atoms with Crippen LogP contribution in [0.5, 0.6) is 11.5 Å². The Morgan fingerprint density at radius 2 is 2.05 bits per heavy atom. The van der Waals surface area contributed by atoms with Crippen LogP contribution in [0.25, 0.3) is 0 Å². The van der Waals surface area contributed by atoms with Crippen LogP contribution in [-0.4, -0.2) is 17.4 Å². The fourth-order valence-electron chi connectivity index (χ4n) is 3.07. The van der Waals surface area contributed by atoms with E-state index < -0.39 is 0 Å². The van der Waals surface area contributed by atoms with E-state index in [0.717, 1.165) is 31.6 Å². The summed E-state index contributed by atoms with van der Waals surface area (Å²) in [5, 5.41) is 9.61. The van der Waals surface area contributed by atoms with E-state index in [9.17, 15) is 14.7 Å². The van der Waals surface area contributed by atoms with Gasteiger partial charge in [0.05, 0.1) is 11.5 Å². The highest BCUT2D eigenvalue weighted by Gasteiger charge is 2.27. The second kappa shape index (κ2) is 7.97. The number of ether oxygens (including phenoxy) is 1. The zero-order chi connectivity index (χ0) is 15.9. The third kappa shape index (κ3) is 4.33. The van der Waals surface area contributed by atoms with Gasteiger partial charge in [-0.3, -0.25) is 9.59 Å². The molecule has 0 aliphatic heterocycles. The first-order valence-corrected chi connectivity index (χ1v) is 8.14. The van der Waals surface area contributed by atoms with Gasteiger partial charge in [-0.05, 0) is 43.7 Å². The molecule has 0 radical (unpaired) electrons. The third-order valence-electron chi connectivity index (χ3n) is 4.49. The summed E-state index contributed by atoms with van der Waals surface area (Å²) in [5.74, 6) is 0.600. The van der Waals surface area contributed by atoms with Crippen LogP contribution in [-0.2, 0) is 4.79 Å². The highest BCUT2D eigenvalue weighted by atomic mass is 16.5. The fourth-order valence-corrected chi connectivity index (χ4v) is 3.07. The van der Waals surface area contributed by atoms with E-state index in [1.807, 2.05) is 0 Å². The van der Waals surface area contributed by atoms with E-state index in [2.05, 4.69) is 6.92 Å². The van der Waals surface area contributed by atoms with Gasteiger partial charge < -0.3 is 9.84 Å². The zero-order valence-corrected chi connectivity index (χ0v) is 13.1. The molecule has 1 fully saturated rings. The lowest BCUT2D eigenvalue weighted by molar-refractivity contribution is -0.140. The SMILES string of the molecule is CCCCC1CCC(C(=O)Oc2ccc(C=O)c(O)c2)CC1. The number of hydrogen-bond donors (Lipinski definition) is 1. The van der Waals surface area contributed by atoms with Crippen LogP contribution in [0.2, 0.25) is 0 Å². The summed E-state index contributed by atoms with van der Waals surface area (Å²) < 4.78 is 5.34. The zero-order valence-electron chi connectivity index (χ0n) is 13.1. The highest BCUT2D eigenvalue weighted by molar-refractivity contribution is 5.80. The van der Waals surface area contributed by atoms with E-state index in [1.165, 1.54) is 37.5 Å². The maximum Gasteiger partial charge on any atom is 0.314 e. The fraction of sp³-hybridized carbons (Fsp3) is 0.556. The van der Waals surface area contributed by atoms with E-state index in [4.69, 9.17) is 4.74 Å². The molecule has 1 saturated carbocycles. The molecule has 1 aromatic carbocycles. The second-order valence-electron chi connectivity index (χ2n) is 6.12. The molecule has 0 spiro atoms. The normalized spacial score (nSPS) is 21.3. The number of rotatable bonds is 6. The molecule has 2 rings (SSSR count). The van der Waals surface area contributed by atoms with E-state index in [0.29, 0.717) is 12.0 Å². The van der Waals surface area contributed by atoms with Crippen LogP contribution in [0.1, 0.15) is 62.2 Å². The van der Waals surface area contributed by atoms with Crippen molar-refractivity contribution >= 4 is 12.3 Å². The molecule has 0 heterocycles. The Bertz CT molecular complexity index is 516. The summed E-state index contributed by atoms with van der Waals surface area (Å²) in [5.41, 5.74) is 0.191. The minimum absolute atomic E-state index is 0.0502. The lowest BCUT2D eigenvalue weighted by atomic mass is 9.80. The number of benzene rings is 1. The first-order chi connectivity index (χ1) is 10.6. The predicted molar refractivity (Wildman–Crippen MR) is 84.1 cm³/mol. The summed E-state index contributed by atoms with van der Waals surface area (Å²) in [4.78, 5) is 22.8. The molecule has 0 bridgehead atoms. The highest BCUT2D eigenvalue weighted by Crippen LogP contribution is 2.33. The summed E-state index contributed by atoms with van der Waals surface area (Å²) in [7, 11) is 0. The molecule has 1 aliphatic carbocycles. The topological polar surface area (TPSA) is 63.6 Å². The molecule has 0 unspecified atom stereocenters. The van der Waals surface area contributed by atoms with Gasteiger partial charge in [0, 0.05) is 6.07 Å². The number of carbonyl (C=O) groups is 2. The number of aldehydes is 1. The van der Waals surface area contributed by atoms with Crippen LogP contribution >= 0.6 is 0 Å². The van der Waals surface area contributed by atoms with Gasteiger partial charge in [-0.15, -0.1) is 0 Å². The Hall–Kier alpha value is -1.84. The van der Waals surface area contributed by atoms with Gasteiger partial charge in [0.2, 0.25) is 0 Å². The summed E-state index contributed by atoms with van der Waals surface area (Å²) in [6, 6.07) is 4.30. The van der Waals surface area contributed by atoms with Crippen LogP contribution in [0.15, 0.2) is 18.2 Å². The number of phenols is 1. The van der Waals surface area contributed by atoms with Crippen molar-refractivity contribution in [3.05, 3.63) is 23.8 Å². The third-order valence-corrected chi connectivity index (χ3v) is 4.49. The summed E-state index contributed by atoms with van der Waals surface area (Å²) in [6.07, 6.45) is 8.27. The Labute approximate surface area is 131 Å². The molecule has 22 heavy (non-hydrogen) atoms. The molecule has 1 N–H and O–H groups in total. The Morgan fingerprint density at radius 1 is 1.32 bits per heavy atom. The maximum atomic E-state index is 12.2. The number of esters is 1. The maximum absolute atomic E-state index is 12.2. The van der Waals surface area contributed by atoms with Crippen LogP contribution < -0.4 is 4.74 Å². The number of hydrogen-bond acceptors (Lipinski definition) is 4. The molecule has 0 aromatic heterocycles. The quantitative estimate of drug-likeness (QED) is 0.488. The van der Waals surface area contributed by atoms with Crippen molar-refractivity contribution in [1.82, 2.24) is 0 Å². The molecular formula is C18H24O4. The van der Waals surface area contributed by atoms with Gasteiger partial charge in [0.1, 0.15) is 11.5 Å². The van der Waals surface area contributed by atoms with Gasteiger partial charge in [0.25, 0.3) is 0 Å². The van der Waals surface area contributed by atoms with Gasteiger partial charge in [0.15, 0.2) is 6.29 Å². The predicted octanol–water partition coefficient (Wildman–Crippen LogP) is 4.11. The van der Waals surface area contributed by atoms with E-state index in [1.54, 1.807) is 0 Å². The minimum Gasteiger partial charge on any atom is -0.507 e. The number of phenolic OH excluding ortho intramolecular Hbond substituents is 1. The molecule has 4 nitrogen and oxygen atoms in total. The average Bonchev–Trinajstić information content (AvgIpc) is 2.53. The Kier molecular flexibility index (Phi) is 5.99. The molecule has 4 heteroatoms. The van der Waals surface area contributed by atoms with Crippen molar-refractivity contribution in [2.45, 2.75) is 51.9 Å². The van der Waals surface area contributed by atoms with Gasteiger partial charge in [-0.25, -0.2) is 0 Å². The Morgan fingerprint density at radius 3 is 2.64 bits per heavy atom. The number of aromatic hydroxyl groups is 1. The monoisotopic (exact) mass is 304 g/mol. The van der Waals surface area contributed by atoms with Crippen LogP contribution in [0.4, 0.5) is 0 Å². The van der Waals surface area contributed by atoms with Gasteiger partial charge in [-0.1, -0.05) is 26.2 Å². The smallest absolute Gasteiger partial charge is 0.314 e. The number of carbonyl (C=O) groups excluding carboxylic acids is 2. The number of unbranched alkanes of at least 4 members (excludes halogenated alkanes) is 1. The first kappa shape index (κ1) is 16.5. The molecule has 120 valence electrons. The molecule has 0 amide bonds. The Balaban J connectivity index is 1.85. The molecule has 1 aromatic rings. The lowest BCUT2D eigenvalue weighted by Gasteiger charge is -2.27. The van der Waals surface area contributed by atoms with Crippen molar-refractivity contribution in [3.8, 4) is 11.5 Å². The van der Waals surface area contributed by atoms with Gasteiger partial charge in [-0.2, -0.15) is 0 Å². The minimum atomic E-state index is -0.229. The van der Waals surface area contributed by atoms with Crippen molar-refractivity contribution < 1.29 is 19.4 Å². The van der Waals surface area contributed by atoms with Crippen LogP contribution in [0, 0.1) is 11.8 Å². The largest absolute Gasteiger partial charge is 0.507 e. The molecule has 0 saturated heterocycles. The van der Waals surface area contributed by atoms with E-state index in [-0.39, 0.29) is 23.2 Å². The van der Waals surface area contributed by atoms with Crippen LogP contribution in [0.3, 0.4) is 0 Å². The summed E-state index contributed by atoms with van der Waals surface area (Å²) >= 11 is 0. The van der Waals surface area contributed by atoms with E-state index >= 15 is 0 Å². The van der Waals surface area contributed by atoms with Crippen molar-refractivity contribution in [2.24, 2.45) is 11.8 Å². The standard InChI is InChI=1S/C18H24O4/c1-2-3-4-13-5-7-14(8-6-13)18(21)22-16-10-9-15(12-19)17(20)11-16/h9-14,20H,2-8H2,1H3. The molecule has 0 atom stereocenters. The average molecular weight is 304 g/mol.